The van der Waals surface area contributed by atoms with Crippen molar-refractivity contribution in [3.8, 4) is 22.8 Å². The third kappa shape index (κ3) is 6.44. The molecule has 0 aliphatic carbocycles. The van der Waals surface area contributed by atoms with E-state index in [1.807, 2.05) is 66.9 Å². The maximum Gasteiger partial charge on any atom is 0.416 e. The molecule has 0 aliphatic heterocycles. The van der Waals surface area contributed by atoms with E-state index in [0.29, 0.717) is 23.3 Å². The molecule has 11 heteroatoms. The van der Waals surface area contributed by atoms with Crippen molar-refractivity contribution in [3.63, 3.8) is 0 Å². The van der Waals surface area contributed by atoms with E-state index in [9.17, 15) is 18.0 Å². The first-order valence-electron chi connectivity index (χ1n) is 11.2. The molecule has 0 atom stereocenters. The van der Waals surface area contributed by atoms with Gasteiger partial charge >= 0.3 is 6.18 Å². The molecule has 1 amide bonds. The molecule has 0 fully saturated rings. The number of hydrogen-bond donors (Lipinski definition) is 1. The Kier molecular flexibility index (Phi) is 8.09. The van der Waals surface area contributed by atoms with E-state index in [2.05, 4.69) is 15.5 Å². The van der Waals surface area contributed by atoms with E-state index in [-0.39, 0.29) is 16.5 Å². The van der Waals surface area contributed by atoms with Crippen LogP contribution < -0.4 is 10.1 Å². The Hall–Kier alpha value is -3.50. The molecule has 0 saturated heterocycles. The van der Waals surface area contributed by atoms with Crippen LogP contribution in [-0.4, -0.2) is 33.0 Å². The summed E-state index contributed by atoms with van der Waals surface area (Å²) in [5, 5.41) is 11.5. The second-order valence-electron chi connectivity index (χ2n) is 7.97. The highest BCUT2D eigenvalue weighted by atomic mass is 35.5. The first kappa shape index (κ1) is 26.6. The van der Waals surface area contributed by atoms with Crippen LogP contribution in [0.5, 0.6) is 5.75 Å². The third-order valence-electron chi connectivity index (χ3n) is 5.22. The van der Waals surface area contributed by atoms with Gasteiger partial charge in [0.1, 0.15) is 5.75 Å². The Labute approximate surface area is 220 Å². The molecular formula is C26H22ClF3N4O2S. The van der Waals surface area contributed by atoms with Crippen molar-refractivity contribution in [3.05, 3.63) is 82.9 Å². The average molecular weight is 547 g/mol. The number of nitrogens with zero attached hydrogens (tertiary/aromatic N) is 3. The summed E-state index contributed by atoms with van der Waals surface area (Å²) in [5.41, 5.74) is 1.63. The highest BCUT2D eigenvalue weighted by molar-refractivity contribution is 7.99. The summed E-state index contributed by atoms with van der Waals surface area (Å²) in [6.45, 7) is 4.41. The van der Waals surface area contributed by atoms with E-state index in [1.165, 1.54) is 0 Å². The molecule has 0 spiro atoms. The number of aryl methyl sites for hydroxylation is 1. The number of hydrogen-bond acceptors (Lipinski definition) is 5. The van der Waals surface area contributed by atoms with Gasteiger partial charge in [-0.3, -0.25) is 9.36 Å². The van der Waals surface area contributed by atoms with Crippen LogP contribution in [0.25, 0.3) is 17.1 Å². The molecule has 4 rings (SSSR count). The maximum absolute atomic E-state index is 13.1. The molecule has 0 aliphatic rings. The lowest BCUT2D eigenvalue weighted by Gasteiger charge is -2.13. The topological polar surface area (TPSA) is 69.0 Å². The van der Waals surface area contributed by atoms with E-state index in [4.69, 9.17) is 16.3 Å². The number of carbonyl (C=O) groups is 1. The number of rotatable bonds is 8. The van der Waals surface area contributed by atoms with Crippen molar-refractivity contribution in [2.45, 2.75) is 25.2 Å². The number of alkyl halides is 3. The number of halogens is 4. The zero-order valence-corrected chi connectivity index (χ0v) is 21.4. The number of thioether (sulfide) groups is 1. The fourth-order valence-corrected chi connectivity index (χ4v) is 4.46. The molecule has 0 radical (unpaired) electrons. The first-order chi connectivity index (χ1) is 17.7. The van der Waals surface area contributed by atoms with Gasteiger partial charge in [-0.2, -0.15) is 13.2 Å². The third-order valence-corrected chi connectivity index (χ3v) is 6.47. The second-order valence-corrected chi connectivity index (χ2v) is 9.32. The zero-order valence-electron chi connectivity index (χ0n) is 19.8. The van der Waals surface area contributed by atoms with Crippen molar-refractivity contribution in [2.75, 3.05) is 17.7 Å². The molecule has 4 aromatic rings. The molecular weight excluding hydrogens is 525 g/mol. The van der Waals surface area contributed by atoms with Gasteiger partial charge in [-0.05, 0) is 62.4 Å². The van der Waals surface area contributed by atoms with Gasteiger partial charge < -0.3 is 10.1 Å². The van der Waals surface area contributed by atoms with Gasteiger partial charge in [0, 0.05) is 11.3 Å². The van der Waals surface area contributed by atoms with Crippen LogP contribution >= 0.6 is 23.4 Å². The number of carbonyl (C=O) groups excluding carboxylic acids is 1. The maximum atomic E-state index is 13.1. The summed E-state index contributed by atoms with van der Waals surface area (Å²) in [6, 6.07) is 17.9. The van der Waals surface area contributed by atoms with Crippen molar-refractivity contribution < 1.29 is 22.7 Å². The molecule has 0 bridgehead atoms. The van der Waals surface area contributed by atoms with Crippen molar-refractivity contribution >= 4 is 35.0 Å². The number of ether oxygens (including phenoxy) is 1. The summed E-state index contributed by atoms with van der Waals surface area (Å²) in [5.74, 6) is 0.625. The minimum atomic E-state index is -4.56. The molecule has 1 aromatic heterocycles. The molecule has 1 N–H and O–H groups in total. The van der Waals surface area contributed by atoms with E-state index in [0.717, 1.165) is 46.8 Å². The molecule has 6 nitrogen and oxygen atoms in total. The molecule has 0 unspecified atom stereocenters. The van der Waals surface area contributed by atoms with Crippen LogP contribution in [-0.2, 0) is 11.0 Å². The normalized spacial score (nSPS) is 11.4. The summed E-state index contributed by atoms with van der Waals surface area (Å²) in [7, 11) is 0. The lowest BCUT2D eigenvalue weighted by Crippen LogP contribution is -2.16. The van der Waals surface area contributed by atoms with Crippen molar-refractivity contribution in [1.29, 1.82) is 0 Å². The lowest BCUT2D eigenvalue weighted by atomic mass is 10.1. The Morgan fingerprint density at radius 2 is 1.84 bits per heavy atom. The van der Waals surface area contributed by atoms with Gasteiger partial charge in [0.15, 0.2) is 11.0 Å². The predicted molar refractivity (Wildman–Crippen MR) is 139 cm³/mol. The van der Waals surface area contributed by atoms with Crippen LogP contribution in [0.4, 0.5) is 18.9 Å². The highest BCUT2D eigenvalue weighted by Crippen LogP contribution is 2.34. The van der Waals surface area contributed by atoms with Crippen LogP contribution in [0.2, 0.25) is 5.02 Å². The van der Waals surface area contributed by atoms with Gasteiger partial charge in [-0.1, -0.05) is 47.1 Å². The Morgan fingerprint density at radius 1 is 1.08 bits per heavy atom. The molecule has 1 heterocycles. The predicted octanol–water partition coefficient (Wildman–Crippen LogP) is 7.04. The summed E-state index contributed by atoms with van der Waals surface area (Å²) in [4.78, 5) is 12.6. The van der Waals surface area contributed by atoms with Gasteiger partial charge in [0.25, 0.3) is 0 Å². The smallest absolute Gasteiger partial charge is 0.416 e. The second kappa shape index (κ2) is 11.3. The number of benzene rings is 3. The molecule has 0 saturated carbocycles. The van der Waals surface area contributed by atoms with Gasteiger partial charge in [-0.25, -0.2) is 0 Å². The van der Waals surface area contributed by atoms with Gasteiger partial charge in [0.2, 0.25) is 5.91 Å². The summed E-state index contributed by atoms with van der Waals surface area (Å²) >= 11 is 7.11. The SMILES string of the molecule is CCOc1ccc(-n2c(SCC(=O)Nc3cc(C(F)(F)F)ccc3Cl)nnc2-c2cccc(C)c2)cc1. The minimum Gasteiger partial charge on any atom is -0.494 e. The zero-order chi connectivity index (χ0) is 26.6. The fraction of sp³-hybridized carbons (Fsp3) is 0.192. The van der Waals surface area contributed by atoms with Crippen LogP contribution in [0.15, 0.2) is 71.9 Å². The minimum absolute atomic E-state index is 0.00522. The monoisotopic (exact) mass is 546 g/mol. The van der Waals surface area contributed by atoms with Crippen LogP contribution in [0, 0.1) is 6.92 Å². The standard InChI is InChI=1S/C26H22ClF3N4O2S/c1-3-36-20-10-8-19(9-11-20)34-24(17-6-4-5-16(2)13-17)32-33-25(34)37-15-23(35)31-22-14-18(26(28,29)30)7-12-21(22)27/h4-14H,3,15H2,1-2H3,(H,31,35). The Bertz CT molecular complexity index is 1410. The summed E-state index contributed by atoms with van der Waals surface area (Å²) < 4.78 is 46.5. The van der Waals surface area contributed by atoms with Crippen molar-refractivity contribution in [2.24, 2.45) is 0 Å². The first-order valence-corrected chi connectivity index (χ1v) is 12.6. The van der Waals surface area contributed by atoms with Crippen LogP contribution in [0.3, 0.4) is 0 Å². The largest absolute Gasteiger partial charge is 0.494 e. The molecule has 37 heavy (non-hydrogen) atoms. The molecule has 192 valence electrons. The number of amides is 1. The Morgan fingerprint density at radius 3 is 2.51 bits per heavy atom. The van der Waals surface area contributed by atoms with Gasteiger partial charge in [-0.15, -0.1) is 10.2 Å². The van der Waals surface area contributed by atoms with E-state index < -0.39 is 17.6 Å². The average Bonchev–Trinajstić information content (AvgIpc) is 3.28. The lowest BCUT2D eigenvalue weighted by molar-refractivity contribution is -0.137. The quantitative estimate of drug-likeness (QED) is 0.240. The summed E-state index contributed by atoms with van der Waals surface area (Å²) in [6.07, 6.45) is -4.56. The van der Waals surface area contributed by atoms with E-state index in [1.54, 1.807) is 0 Å². The number of aromatic nitrogens is 3. The van der Waals surface area contributed by atoms with E-state index >= 15 is 0 Å². The molecule has 3 aromatic carbocycles. The highest BCUT2D eigenvalue weighted by Gasteiger charge is 2.31. The van der Waals surface area contributed by atoms with Crippen molar-refractivity contribution in [1.82, 2.24) is 14.8 Å². The van der Waals surface area contributed by atoms with Gasteiger partial charge in [0.05, 0.1) is 28.6 Å². The Balaban J connectivity index is 1.60. The van der Waals surface area contributed by atoms with Crippen LogP contribution in [0.1, 0.15) is 18.1 Å². The fourth-order valence-electron chi connectivity index (χ4n) is 3.54. The number of anilines is 1. The number of nitrogens with one attached hydrogen (secondary N) is 1.